The van der Waals surface area contributed by atoms with Gasteiger partial charge in [-0.15, -0.1) is 0 Å². The molecule has 4 aromatic rings. The third kappa shape index (κ3) is 3.66. The van der Waals surface area contributed by atoms with Crippen LogP contribution < -0.4 is 16.6 Å². The largest absolute Gasteiger partial charge is 0.344 e. The lowest BCUT2D eigenvalue weighted by Gasteiger charge is -2.12. The Balaban J connectivity index is 1.79. The minimum atomic E-state index is -0.576. The van der Waals surface area contributed by atoms with Gasteiger partial charge in [0.05, 0.1) is 5.52 Å². The van der Waals surface area contributed by atoms with E-state index in [1.54, 1.807) is 42.1 Å². The number of aromatic nitrogens is 3. The zero-order valence-electron chi connectivity index (χ0n) is 18.0. The fourth-order valence-electron chi connectivity index (χ4n) is 3.77. The lowest BCUT2D eigenvalue weighted by Crippen LogP contribution is -2.40. The molecule has 0 aliphatic carbocycles. The Kier molecular flexibility index (Phi) is 5.36. The molecule has 162 valence electrons. The standard InChI is InChI=1S/C24H22N4O4/c1-15(29)16-9-11-18(12-10-16)25-20(30)14-28-21-19(17-7-5-4-6-8-17)13-26(2)22(21)23(31)27(3)24(28)32/h4-13H,14H2,1-3H3,(H,25,30). The molecule has 0 unspecified atom stereocenters. The number of carbonyl (C=O) groups excluding carboxylic acids is 2. The molecular weight excluding hydrogens is 408 g/mol. The summed E-state index contributed by atoms with van der Waals surface area (Å²) >= 11 is 0. The minimum absolute atomic E-state index is 0.0699. The molecule has 0 aliphatic rings. The van der Waals surface area contributed by atoms with Gasteiger partial charge in [0.2, 0.25) is 5.91 Å². The van der Waals surface area contributed by atoms with Crippen molar-refractivity contribution in [3.05, 3.63) is 87.2 Å². The van der Waals surface area contributed by atoms with E-state index < -0.39 is 17.2 Å². The number of nitrogens with one attached hydrogen (secondary N) is 1. The molecule has 4 rings (SSSR count). The lowest BCUT2D eigenvalue weighted by molar-refractivity contribution is -0.116. The normalized spacial score (nSPS) is 11.0. The number of anilines is 1. The predicted octanol–water partition coefficient (Wildman–Crippen LogP) is 2.55. The van der Waals surface area contributed by atoms with Gasteiger partial charge in [0.1, 0.15) is 12.1 Å². The molecule has 8 heteroatoms. The second-order valence-corrected chi connectivity index (χ2v) is 7.63. The van der Waals surface area contributed by atoms with E-state index in [0.29, 0.717) is 27.8 Å². The maximum atomic E-state index is 13.0. The Morgan fingerprint density at radius 2 is 1.56 bits per heavy atom. The van der Waals surface area contributed by atoms with Crippen molar-refractivity contribution >= 4 is 28.4 Å². The van der Waals surface area contributed by atoms with Crippen LogP contribution in [-0.4, -0.2) is 25.4 Å². The van der Waals surface area contributed by atoms with Crippen molar-refractivity contribution in [2.75, 3.05) is 5.32 Å². The Morgan fingerprint density at radius 1 is 0.906 bits per heavy atom. The number of ketones is 1. The van der Waals surface area contributed by atoms with Gasteiger partial charge in [-0.2, -0.15) is 0 Å². The van der Waals surface area contributed by atoms with Crippen LogP contribution in [-0.2, 0) is 25.4 Å². The van der Waals surface area contributed by atoms with Gasteiger partial charge in [-0.25, -0.2) is 4.79 Å². The quantitative estimate of drug-likeness (QED) is 0.492. The average Bonchev–Trinajstić information content (AvgIpc) is 3.13. The van der Waals surface area contributed by atoms with Crippen LogP contribution in [0.2, 0.25) is 0 Å². The van der Waals surface area contributed by atoms with Gasteiger partial charge in [0, 0.05) is 37.1 Å². The molecule has 0 saturated carbocycles. The molecule has 32 heavy (non-hydrogen) atoms. The van der Waals surface area contributed by atoms with Crippen molar-refractivity contribution in [3.8, 4) is 11.1 Å². The number of benzene rings is 2. The van der Waals surface area contributed by atoms with Crippen molar-refractivity contribution in [1.82, 2.24) is 13.7 Å². The van der Waals surface area contributed by atoms with E-state index in [2.05, 4.69) is 5.32 Å². The monoisotopic (exact) mass is 430 g/mol. The Bertz CT molecular complexity index is 1460. The van der Waals surface area contributed by atoms with Crippen molar-refractivity contribution in [2.45, 2.75) is 13.5 Å². The summed E-state index contributed by atoms with van der Waals surface area (Å²) in [5, 5.41) is 2.74. The predicted molar refractivity (Wildman–Crippen MR) is 123 cm³/mol. The van der Waals surface area contributed by atoms with Crippen LogP contribution in [0.25, 0.3) is 22.2 Å². The first-order chi connectivity index (χ1) is 15.3. The summed E-state index contributed by atoms with van der Waals surface area (Å²) in [5.74, 6) is -0.495. The van der Waals surface area contributed by atoms with Gasteiger partial charge in [0.15, 0.2) is 5.78 Å². The Labute approximate surface area is 183 Å². The van der Waals surface area contributed by atoms with E-state index in [1.807, 2.05) is 30.3 Å². The van der Waals surface area contributed by atoms with Crippen LogP contribution in [0.15, 0.2) is 70.4 Å². The number of hydrogen-bond acceptors (Lipinski definition) is 4. The number of fused-ring (bicyclic) bond motifs is 1. The van der Waals surface area contributed by atoms with Gasteiger partial charge >= 0.3 is 5.69 Å². The fraction of sp³-hybridized carbons (Fsp3) is 0.167. The summed E-state index contributed by atoms with van der Waals surface area (Å²) in [4.78, 5) is 50.1. The van der Waals surface area contributed by atoms with Gasteiger partial charge in [-0.1, -0.05) is 30.3 Å². The van der Waals surface area contributed by atoms with E-state index in [9.17, 15) is 19.2 Å². The number of Topliss-reactive ketones (excluding diaryl/α,β-unsaturated/α-hetero) is 1. The summed E-state index contributed by atoms with van der Waals surface area (Å²) < 4.78 is 4.00. The van der Waals surface area contributed by atoms with E-state index >= 15 is 0 Å². The van der Waals surface area contributed by atoms with Crippen molar-refractivity contribution in [2.24, 2.45) is 14.1 Å². The van der Waals surface area contributed by atoms with Crippen LogP contribution in [0, 0.1) is 0 Å². The molecular formula is C24H22N4O4. The zero-order chi connectivity index (χ0) is 23.0. The number of aryl methyl sites for hydroxylation is 1. The smallest absolute Gasteiger partial charge is 0.331 e. The maximum absolute atomic E-state index is 13.0. The van der Waals surface area contributed by atoms with Gasteiger partial charge in [-0.05, 0) is 36.8 Å². The van der Waals surface area contributed by atoms with E-state index in [0.717, 1.165) is 10.1 Å². The highest BCUT2D eigenvalue weighted by molar-refractivity contribution is 5.97. The molecule has 0 fully saturated rings. The van der Waals surface area contributed by atoms with Crippen molar-refractivity contribution < 1.29 is 9.59 Å². The second-order valence-electron chi connectivity index (χ2n) is 7.63. The molecule has 0 aliphatic heterocycles. The summed E-state index contributed by atoms with van der Waals surface area (Å²) in [5.41, 5.74) is 2.31. The van der Waals surface area contributed by atoms with Gasteiger partial charge in [0.25, 0.3) is 5.56 Å². The number of amides is 1. The van der Waals surface area contributed by atoms with Gasteiger partial charge in [-0.3, -0.25) is 23.5 Å². The highest BCUT2D eigenvalue weighted by Gasteiger charge is 2.20. The number of nitrogens with zero attached hydrogens (tertiary/aromatic N) is 3. The average molecular weight is 430 g/mol. The summed E-state index contributed by atoms with van der Waals surface area (Å²) in [7, 11) is 3.13. The summed E-state index contributed by atoms with van der Waals surface area (Å²) in [6.07, 6.45) is 1.79. The molecule has 0 saturated heterocycles. The maximum Gasteiger partial charge on any atom is 0.331 e. The number of hydrogen-bond donors (Lipinski definition) is 1. The van der Waals surface area contributed by atoms with Crippen LogP contribution in [0.3, 0.4) is 0 Å². The second kappa shape index (κ2) is 8.14. The lowest BCUT2D eigenvalue weighted by atomic mass is 10.1. The molecule has 1 N–H and O–H groups in total. The van der Waals surface area contributed by atoms with Crippen LogP contribution in [0.1, 0.15) is 17.3 Å². The first-order valence-corrected chi connectivity index (χ1v) is 10.0. The molecule has 0 atom stereocenters. The number of rotatable bonds is 5. The third-order valence-corrected chi connectivity index (χ3v) is 5.41. The first-order valence-electron chi connectivity index (χ1n) is 10.0. The molecule has 0 radical (unpaired) electrons. The Morgan fingerprint density at radius 3 is 2.19 bits per heavy atom. The fourth-order valence-corrected chi connectivity index (χ4v) is 3.77. The first kappa shape index (κ1) is 21.0. The minimum Gasteiger partial charge on any atom is -0.344 e. The summed E-state index contributed by atoms with van der Waals surface area (Å²) in [6, 6.07) is 15.9. The van der Waals surface area contributed by atoms with Crippen molar-refractivity contribution in [1.29, 1.82) is 0 Å². The SMILES string of the molecule is CC(=O)c1ccc(NC(=O)Cn2c(=O)n(C)c(=O)c3c2c(-c2ccccc2)cn3C)cc1. The zero-order valence-corrected chi connectivity index (χ0v) is 18.0. The van der Waals surface area contributed by atoms with Crippen molar-refractivity contribution in [3.63, 3.8) is 0 Å². The summed E-state index contributed by atoms with van der Waals surface area (Å²) in [6.45, 7) is 1.19. The van der Waals surface area contributed by atoms with E-state index in [4.69, 9.17) is 0 Å². The third-order valence-electron chi connectivity index (χ3n) is 5.41. The molecule has 0 spiro atoms. The van der Waals surface area contributed by atoms with E-state index in [1.165, 1.54) is 18.5 Å². The van der Waals surface area contributed by atoms with E-state index in [-0.39, 0.29) is 12.3 Å². The number of carbonyl (C=O) groups is 2. The Hall–Kier alpha value is -4.20. The molecule has 2 heterocycles. The highest BCUT2D eigenvalue weighted by atomic mass is 16.2. The molecule has 0 bridgehead atoms. The highest BCUT2D eigenvalue weighted by Crippen LogP contribution is 2.27. The molecule has 8 nitrogen and oxygen atoms in total. The molecule has 2 aromatic heterocycles. The topological polar surface area (TPSA) is 95.1 Å². The van der Waals surface area contributed by atoms with Gasteiger partial charge < -0.3 is 9.88 Å². The molecule has 2 aromatic carbocycles. The molecule has 1 amide bonds. The van der Waals surface area contributed by atoms with Crippen LogP contribution in [0.5, 0.6) is 0 Å². The van der Waals surface area contributed by atoms with Crippen LogP contribution >= 0.6 is 0 Å². The van der Waals surface area contributed by atoms with Crippen LogP contribution in [0.4, 0.5) is 5.69 Å².